The molecule has 2 aromatic rings. The fourth-order valence-corrected chi connectivity index (χ4v) is 3.03. The quantitative estimate of drug-likeness (QED) is 0.424. The minimum Gasteiger partial charge on any atom is -0.497 e. The van der Waals surface area contributed by atoms with Crippen LogP contribution in [0.2, 0.25) is 0 Å². The number of amides is 2. The zero-order valence-corrected chi connectivity index (χ0v) is 18.8. The maximum Gasteiger partial charge on any atom is 0.277 e. The van der Waals surface area contributed by atoms with E-state index in [0.29, 0.717) is 28.6 Å². The van der Waals surface area contributed by atoms with E-state index in [9.17, 15) is 9.59 Å². The molecule has 0 saturated heterocycles. The van der Waals surface area contributed by atoms with E-state index in [-0.39, 0.29) is 18.9 Å². The molecule has 0 fully saturated rings. The van der Waals surface area contributed by atoms with E-state index in [4.69, 9.17) is 14.2 Å². The van der Waals surface area contributed by atoms with Gasteiger partial charge in [0.25, 0.3) is 5.91 Å². The third-order valence-corrected chi connectivity index (χ3v) is 4.54. The topological polar surface area (TPSA) is 98.2 Å². The Morgan fingerprint density at radius 3 is 2.47 bits per heavy atom. The number of halogens is 1. The predicted molar refractivity (Wildman–Crippen MR) is 118 cm³/mol. The first-order valence-corrected chi connectivity index (χ1v) is 9.84. The maximum atomic E-state index is 12.2. The lowest BCUT2D eigenvalue weighted by molar-refractivity contribution is -0.123. The van der Waals surface area contributed by atoms with E-state index in [1.165, 1.54) is 7.11 Å². The van der Waals surface area contributed by atoms with Gasteiger partial charge in [-0.3, -0.25) is 9.59 Å². The fourth-order valence-electron chi connectivity index (χ4n) is 2.42. The van der Waals surface area contributed by atoms with Crippen LogP contribution in [0.4, 0.5) is 5.69 Å². The summed E-state index contributed by atoms with van der Waals surface area (Å²) in [5.41, 5.74) is 4.40. The molecule has 0 aromatic heterocycles. The summed E-state index contributed by atoms with van der Waals surface area (Å²) in [5.74, 6) is 0.923. The van der Waals surface area contributed by atoms with Gasteiger partial charge in [-0.25, -0.2) is 5.43 Å². The van der Waals surface area contributed by atoms with Crippen molar-refractivity contribution in [3.8, 4) is 17.2 Å². The summed E-state index contributed by atoms with van der Waals surface area (Å²) in [4.78, 5) is 24.2. The third-order valence-electron chi connectivity index (χ3n) is 3.92. The number of aryl methyl sites for hydroxylation is 1. The van der Waals surface area contributed by atoms with Crippen LogP contribution in [0.1, 0.15) is 18.9 Å². The second-order valence-corrected chi connectivity index (χ2v) is 7.25. The fraction of sp³-hybridized carbons (Fsp3) is 0.286. The molecule has 2 amide bonds. The predicted octanol–water partition coefficient (Wildman–Crippen LogP) is 3.67. The summed E-state index contributed by atoms with van der Waals surface area (Å²) in [7, 11) is 3.05. The normalized spacial score (nSPS) is 10.9. The summed E-state index contributed by atoms with van der Waals surface area (Å²) in [6.45, 7) is 3.40. The number of rotatable bonds is 9. The lowest BCUT2D eigenvalue weighted by Crippen LogP contribution is -2.26. The smallest absolute Gasteiger partial charge is 0.277 e. The highest BCUT2D eigenvalue weighted by atomic mass is 79.9. The Labute approximate surface area is 183 Å². The zero-order valence-electron chi connectivity index (χ0n) is 17.2. The summed E-state index contributed by atoms with van der Waals surface area (Å²) >= 11 is 3.39. The van der Waals surface area contributed by atoms with Gasteiger partial charge in [0.15, 0.2) is 6.61 Å². The maximum absolute atomic E-state index is 12.2. The Morgan fingerprint density at radius 2 is 1.80 bits per heavy atom. The van der Waals surface area contributed by atoms with Crippen molar-refractivity contribution in [1.29, 1.82) is 0 Å². The van der Waals surface area contributed by atoms with Crippen LogP contribution in [0.15, 0.2) is 46.0 Å². The molecule has 8 nitrogen and oxygen atoms in total. The minimum absolute atomic E-state index is 0.000168. The van der Waals surface area contributed by atoms with Crippen LogP contribution >= 0.6 is 15.9 Å². The molecule has 0 bridgehead atoms. The lowest BCUT2D eigenvalue weighted by Gasteiger charge is -2.11. The van der Waals surface area contributed by atoms with Gasteiger partial charge in [-0.1, -0.05) is 6.07 Å². The van der Waals surface area contributed by atoms with Crippen LogP contribution < -0.4 is 25.0 Å². The average molecular weight is 478 g/mol. The van der Waals surface area contributed by atoms with E-state index in [1.807, 2.05) is 19.1 Å². The van der Waals surface area contributed by atoms with Crippen LogP contribution in [-0.2, 0) is 9.59 Å². The molecule has 160 valence electrons. The van der Waals surface area contributed by atoms with Crippen molar-refractivity contribution in [2.45, 2.75) is 20.3 Å². The van der Waals surface area contributed by atoms with Gasteiger partial charge in [0.2, 0.25) is 5.91 Å². The van der Waals surface area contributed by atoms with Crippen molar-refractivity contribution in [3.05, 3.63) is 46.4 Å². The van der Waals surface area contributed by atoms with Gasteiger partial charge in [0.1, 0.15) is 17.2 Å². The van der Waals surface area contributed by atoms with Crippen LogP contribution in [0.3, 0.4) is 0 Å². The molecule has 0 heterocycles. The summed E-state index contributed by atoms with van der Waals surface area (Å²) in [5, 5.41) is 6.68. The molecule has 0 aliphatic carbocycles. The summed E-state index contributed by atoms with van der Waals surface area (Å²) in [6, 6.07) is 10.6. The Kier molecular flexibility index (Phi) is 8.67. The Hall–Kier alpha value is -3.07. The molecule has 0 spiro atoms. The molecule has 2 aromatic carbocycles. The number of hydrogen-bond donors (Lipinski definition) is 2. The SMILES string of the molecule is COc1ccc(NC(=O)CC(C)=NNC(=O)COc2ccc(C)cc2Br)c(OC)c1. The van der Waals surface area contributed by atoms with Crippen LogP contribution in [0, 0.1) is 6.92 Å². The molecule has 0 aliphatic heterocycles. The standard InChI is InChI=1S/C21H24BrN3O5/c1-13-5-8-18(16(22)9-13)30-12-21(27)25-24-14(2)10-20(26)23-17-7-6-15(28-3)11-19(17)29-4/h5-9,11H,10,12H2,1-4H3,(H,23,26)(H,25,27). The van der Waals surface area contributed by atoms with Gasteiger partial charge < -0.3 is 19.5 Å². The summed E-state index contributed by atoms with van der Waals surface area (Å²) in [6.07, 6.45) is -0.000168. The van der Waals surface area contributed by atoms with Crippen molar-refractivity contribution < 1.29 is 23.8 Å². The molecular weight excluding hydrogens is 454 g/mol. The second-order valence-electron chi connectivity index (χ2n) is 6.40. The van der Waals surface area contributed by atoms with Crippen molar-refractivity contribution in [3.63, 3.8) is 0 Å². The van der Waals surface area contributed by atoms with E-state index in [0.717, 1.165) is 10.0 Å². The van der Waals surface area contributed by atoms with E-state index < -0.39 is 5.91 Å². The number of methoxy groups -OCH3 is 2. The van der Waals surface area contributed by atoms with Gasteiger partial charge >= 0.3 is 0 Å². The largest absolute Gasteiger partial charge is 0.497 e. The molecule has 0 aliphatic rings. The molecule has 0 saturated carbocycles. The van der Waals surface area contributed by atoms with Crippen molar-refractivity contribution >= 4 is 39.1 Å². The van der Waals surface area contributed by atoms with Crippen molar-refractivity contribution in [2.75, 3.05) is 26.1 Å². The molecule has 9 heteroatoms. The molecule has 0 unspecified atom stereocenters. The second kappa shape index (κ2) is 11.2. The first-order chi connectivity index (χ1) is 14.3. The highest BCUT2D eigenvalue weighted by Crippen LogP contribution is 2.29. The highest BCUT2D eigenvalue weighted by Gasteiger charge is 2.11. The lowest BCUT2D eigenvalue weighted by atomic mass is 10.2. The van der Waals surface area contributed by atoms with E-state index in [2.05, 4.69) is 31.8 Å². The van der Waals surface area contributed by atoms with E-state index in [1.54, 1.807) is 38.3 Å². The Morgan fingerprint density at radius 1 is 1.03 bits per heavy atom. The number of ether oxygens (including phenoxy) is 3. The molecular formula is C21H24BrN3O5. The number of anilines is 1. The van der Waals surface area contributed by atoms with Gasteiger partial charge in [-0.05, 0) is 59.6 Å². The van der Waals surface area contributed by atoms with Crippen molar-refractivity contribution in [2.24, 2.45) is 5.10 Å². The van der Waals surface area contributed by atoms with Crippen molar-refractivity contribution in [1.82, 2.24) is 5.43 Å². The molecule has 2 rings (SSSR count). The number of carbonyl (C=O) groups excluding carboxylic acids is 2. The molecule has 30 heavy (non-hydrogen) atoms. The van der Waals surface area contributed by atoms with Gasteiger partial charge in [0, 0.05) is 11.8 Å². The first-order valence-electron chi connectivity index (χ1n) is 9.05. The number of carbonyl (C=O) groups is 2. The van der Waals surface area contributed by atoms with Gasteiger partial charge in [0.05, 0.1) is 30.8 Å². The minimum atomic E-state index is -0.431. The van der Waals surface area contributed by atoms with Crippen LogP contribution in [0.25, 0.3) is 0 Å². The zero-order chi connectivity index (χ0) is 22.1. The van der Waals surface area contributed by atoms with Gasteiger partial charge in [-0.15, -0.1) is 0 Å². The number of benzene rings is 2. The highest BCUT2D eigenvalue weighted by molar-refractivity contribution is 9.10. The number of hydrogen-bond acceptors (Lipinski definition) is 6. The Balaban J connectivity index is 1.84. The molecule has 2 N–H and O–H groups in total. The monoisotopic (exact) mass is 477 g/mol. The van der Waals surface area contributed by atoms with Crippen LogP contribution in [0.5, 0.6) is 17.2 Å². The number of nitrogens with zero attached hydrogens (tertiary/aromatic N) is 1. The Bertz CT molecular complexity index is 946. The molecule has 0 atom stereocenters. The molecule has 0 radical (unpaired) electrons. The number of nitrogens with one attached hydrogen (secondary N) is 2. The number of hydrazone groups is 1. The first kappa shape index (κ1) is 23.2. The van der Waals surface area contributed by atoms with Gasteiger partial charge in [-0.2, -0.15) is 5.10 Å². The summed E-state index contributed by atoms with van der Waals surface area (Å²) < 4.78 is 16.6. The van der Waals surface area contributed by atoms with E-state index >= 15 is 0 Å². The average Bonchev–Trinajstić information content (AvgIpc) is 2.71. The van der Waals surface area contributed by atoms with Crippen LogP contribution in [-0.4, -0.2) is 38.4 Å². The third kappa shape index (κ3) is 7.07.